The zero-order valence-electron chi connectivity index (χ0n) is 36.7. The molecule has 4 heterocycles. The molecule has 0 saturated carbocycles. The molecule has 0 aliphatic heterocycles. The Morgan fingerprint density at radius 2 is 0.735 bits per heavy atom. The van der Waals surface area contributed by atoms with Crippen molar-refractivity contribution in [3.05, 3.63) is 231 Å². The molecule has 0 aliphatic rings. The minimum absolute atomic E-state index is 0.871. The number of benzene rings is 11. The monoisotopic (exact) mass is 866 g/mol. The molecule has 0 fully saturated rings. The van der Waals surface area contributed by atoms with Crippen molar-refractivity contribution >= 4 is 98.3 Å². The fourth-order valence-electron chi connectivity index (χ4n) is 11.3. The number of nitrogens with zero attached hydrogens (tertiary/aromatic N) is 2. The maximum Gasteiger partial charge on any atom is 0.136 e. The lowest BCUT2D eigenvalue weighted by atomic mass is 9.92. The van der Waals surface area contributed by atoms with Crippen LogP contribution in [0.1, 0.15) is 0 Å². The van der Waals surface area contributed by atoms with E-state index in [2.05, 4.69) is 228 Å². The average molecular weight is 867 g/mol. The first-order valence-electron chi connectivity index (χ1n) is 23.2. The number of para-hydroxylation sites is 4. The quantitative estimate of drug-likeness (QED) is 0.173. The largest absolute Gasteiger partial charge is 0.456 e. The van der Waals surface area contributed by atoms with E-state index in [1.54, 1.807) is 0 Å². The molecule has 0 N–H and O–H groups in total. The number of aromatic nitrogens is 2. The third kappa shape index (κ3) is 5.37. The predicted molar refractivity (Wildman–Crippen MR) is 283 cm³/mol. The smallest absolute Gasteiger partial charge is 0.136 e. The Bertz CT molecular complexity index is 4550. The molecule has 0 unspecified atom stereocenters. The van der Waals surface area contributed by atoms with Gasteiger partial charge in [0.05, 0.1) is 22.1 Å². The van der Waals surface area contributed by atoms with Crippen molar-refractivity contribution in [1.29, 1.82) is 0 Å². The van der Waals surface area contributed by atoms with Gasteiger partial charge in [0.25, 0.3) is 0 Å². The van der Waals surface area contributed by atoms with Gasteiger partial charge in [-0.25, -0.2) is 0 Å². The summed E-state index contributed by atoms with van der Waals surface area (Å²) in [4.78, 5) is 0. The molecule has 316 valence electrons. The molecule has 0 radical (unpaired) electrons. The van der Waals surface area contributed by atoms with Crippen LogP contribution in [0.2, 0.25) is 0 Å². The lowest BCUT2D eigenvalue weighted by Gasteiger charge is -2.13. The number of fused-ring (bicyclic) bond motifs is 14. The Morgan fingerprint density at radius 1 is 0.250 bits per heavy atom. The van der Waals surface area contributed by atoms with E-state index < -0.39 is 0 Å². The van der Waals surface area contributed by atoms with Crippen molar-refractivity contribution < 1.29 is 8.83 Å². The van der Waals surface area contributed by atoms with E-state index in [4.69, 9.17) is 8.83 Å². The normalized spacial score (nSPS) is 12.1. The second-order valence-electron chi connectivity index (χ2n) is 18.0. The standard InChI is InChI=1S/C64H38N2O2/c1-3-14-43(15-4-1)65-57-30-26-39(41-28-32-60-53(36-41)47-20-10-12-24-59(47)67-60)34-51(57)52-35-40(27-31-58(52)65)42-29-33-61-55(37-42)63-48(22-13-25-62(63)68-61)50-38-54-46-19-9-11-23-56(46)66(44-16-5-2-6-17-44)64(54)49-21-8-7-18-45(49)50/h1-38H. The lowest BCUT2D eigenvalue weighted by molar-refractivity contribution is 0.668. The highest BCUT2D eigenvalue weighted by molar-refractivity contribution is 6.25. The predicted octanol–water partition coefficient (Wildman–Crippen LogP) is 17.8. The summed E-state index contributed by atoms with van der Waals surface area (Å²) in [6.07, 6.45) is 0. The third-order valence-electron chi connectivity index (χ3n) is 14.3. The van der Waals surface area contributed by atoms with Crippen molar-refractivity contribution in [2.75, 3.05) is 0 Å². The molecule has 68 heavy (non-hydrogen) atoms. The van der Waals surface area contributed by atoms with Crippen molar-refractivity contribution in [1.82, 2.24) is 9.13 Å². The van der Waals surface area contributed by atoms with Crippen LogP contribution in [0.15, 0.2) is 239 Å². The van der Waals surface area contributed by atoms with E-state index in [1.165, 1.54) is 54.4 Å². The molecular weight excluding hydrogens is 829 g/mol. The van der Waals surface area contributed by atoms with Gasteiger partial charge >= 0.3 is 0 Å². The summed E-state index contributed by atoms with van der Waals surface area (Å²) >= 11 is 0. The molecule has 4 aromatic heterocycles. The Hall–Kier alpha value is -9.12. The van der Waals surface area contributed by atoms with Crippen LogP contribution in [0.4, 0.5) is 0 Å². The number of hydrogen-bond donors (Lipinski definition) is 0. The average Bonchev–Trinajstić information content (AvgIpc) is 4.16. The number of hydrogen-bond acceptors (Lipinski definition) is 2. The van der Waals surface area contributed by atoms with Gasteiger partial charge in [0.1, 0.15) is 22.3 Å². The summed E-state index contributed by atoms with van der Waals surface area (Å²) in [6, 6.07) is 83.3. The molecular formula is C64H38N2O2. The van der Waals surface area contributed by atoms with Crippen LogP contribution in [0.25, 0.3) is 143 Å². The minimum atomic E-state index is 0.871. The van der Waals surface area contributed by atoms with E-state index in [9.17, 15) is 0 Å². The molecule has 11 aromatic carbocycles. The summed E-state index contributed by atoms with van der Waals surface area (Å²) in [7, 11) is 0. The van der Waals surface area contributed by atoms with Crippen LogP contribution >= 0.6 is 0 Å². The van der Waals surface area contributed by atoms with E-state index in [0.717, 1.165) is 88.6 Å². The highest BCUT2D eigenvalue weighted by Gasteiger charge is 2.22. The molecule has 15 aromatic rings. The first-order chi connectivity index (χ1) is 33.7. The van der Waals surface area contributed by atoms with E-state index in [-0.39, 0.29) is 0 Å². The fourth-order valence-corrected chi connectivity index (χ4v) is 11.3. The Labute approximate surface area is 389 Å². The summed E-state index contributed by atoms with van der Waals surface area (Å²) < 4.78 is 17.7. The fraction of sp³-hybridized carbons (Fsp3) is 0. The van der Waals surface area contributed by atoms with E-state index in [1.807, 2.05) is 12.1 Å². The summed E-state index contributed by atoms with van der Waals surface area (Å²) in [5.74, 6) is 0. The first kappa shape index (κ1) is 37.1. The third-order valence-corrected chi connectivity index (χ3v) is 14.3. The molecule has 0 bridgehead atoms. The topological polar surface area (TPSA) is 36.1 Å². The van der Waals surface area contributed by atoms with Crippen LogP contribution in [0, 0.1) is 0 Å². The zero-order chi connectivity index (χ0) is 44.5. The second kappa shape index (κ2) is 14.2. The molecule has 4 nitrogen and oxygen atoms in total. The maximum absolute atomic E-state index is 6.70. The highest BCUT2D eigenvalue weighted by Crippen LogP contribution is 2.46. The van der Waals surface area contributed by atoms with Gasteiger partial charge in [0, 0.05) is 59.9 Å². The first-order valence-corrected chi connectivity index (χ1v) is 23.2. The molecule has 0 atom stereocenters. The van der Waals surface area contributed by atoms with Crippen molar-refractivity contribution in [2.45, 2.75) is 0 Å². The van der Waals surface area contributed by atoms with E-state index in [0.29, 0.717) is 0 Å². The summed E-state index contributed by atoms with van der Waals surface area (Å²) in [6.45, 7) is 0. The van der Waals surface area contributed by atoms with Crippen LogP contribution in [0.3, 0.4) is 0 Å². The molecule has 15 rings (SSSR count). The molecule has 4 heteroatoms. The van der Waals surface area contributed by atoms with Crippen LogP contribution in [0.5, 0.6) is 0 Å². The van der Waals surface area contributed by atoms with E-state index >= 15 is 0 Å². The van der Waals surface area contributed by atoms with Crippen LogP contribution in [-0.4, -0.2) is 9.13 Å². The van der Waals surface area contributed by atoms with Gasteiger partial charge in [0.2, 0.25) is 0 Å². The SMILES string of the molecule is c1ccc(-n2c3ccc(-c4ccc5oc6ccccc6c5c4)cc3c3cc(-c4ccc5oc6cccc(-c7cc8c9ccccc9n(-c9ccccc9)c8c8ccccc78)c6c5c4)ccc32)cc1. The Balaban J connectivity index is 0.928. The van der Waals surface area contributed by atoms with Crippen molar-refractivity contribution in [3.63, 3.8) is 0 Å². The Kier molecular flexibility index (Phi) is 7.75. The highest BCUT2D eigenvalue weighted by atomic mass is 16.3. The lowest BCUT2D eigenvalue weighted by Crippen LogP contribution is -1.94. The molecule has 0 amide bonds. The van der Waals surface area contributed by atoms with Crippen molar-refractivity contribution in [2.24, 2.45) is 0 Å². The minimum Gasteiger partial charge on any atom is -0.456 e. The van der Waals surface area contributed by atoms with Gasteiger partial charge in [-0.15, -0.1) is 0 Å². The van der Waals surface area contributed by atoms with Crippen molar-refractivity contribution in [3.8, 4) is 44.8 Å². The maximum atomic E-state index is 6.70. The Morgan fingerprint density at radius 3 is 1.44 bits per heavy atom. The second-order valence-corrected chi connectivity index (χ2v) is 18.0. The van der Waals surface area contributed by atoms with Gasteiger partial charge in [-0.1, -0.05) is 133 Å². The zero-order valence-corrected chi connectivity index (χ0v) is 36.7. The summed E-state index contributed by atoms with van der Waals surface area (Å²) in [5, 5.41) is 11.8. The molecule has 0 aliphatic carbocycles. The van der Waals surface area contributed by atoms with Gasteiger partial charge in [0.15, 0.2) is 0 Å². The van der Waals surface area contributed by atoms with Gasteiger partial charge in [-0.3, -0.25) is 0 Å². The number of rotatable bonds is 5. The van der Waals surface area contributed by atoms with Gasteiger partial charge < -0.3 is 18.0 Å². The summed E-state index contributed by atoms with van der Waals surface area (Å²) in [5.41, 5.74) is 17.5. The number of furan rings is 2. The van der Waals surface area contributed by atoms with Gasteiger partial charge in [-0.05, 0) is 136 Å². The van der Waals surface area contributed by atoms with Crippen LogP contribution < -0.4 is 0 Å². The van der Waals surface area contributed by atoms with Gasteiger partial charge in [-0.2, -0.15) is 0 Å². The molecule has 0 spiro atoms. The molecule has 0 saturated heterocycles. The van der Waals surface area contributed by atoms with Crippen LogP contribution in [-0.2, 0) is 0 Å².